The molecule has 1 atom stereocenters. The van der Waals surface area contributed by atoms with Crippen LogP contribution in [0.15, 0.2) is 5.38 Å². The van der Waals surface area contributed by atoms with E-state index in [-0.39, 0.29) is 6.04 Å². The summed E-state index contributed by atoms with van der Waals surface area (Å²) in [6.45, 7) is 4.46. The predicted molar refractivity (Wildman–Crippen MR) is 68.6 cm³/mol. The maximum Gasteiger partial charge on any atom is 0.0931 e. The maximum atomic E-state index is 5.82. The average molecular weight is 239 g/mol. The smallest absolute Gasteiger partial charge is 0.0931 e. The zero-order valence-electron chi connectivity index (χ0n) is 10.1. The summed E-state index contributed by atoms with van der Waals surface area (Å²) in [7, 11) is 2.20. The van der Waals surface area contributed by atoms with Crippen molar-refractivity contribution in [1.82, 2.24) is 9.88 Å². The second-order valence-corrected chi connectivity index (χ2v) is 5.85. The highest BCUT2D eigenvalue weighted by Crippen LogP contribution is 2.23. The second kappa shape index (κ2) is 5.25. The number of hydrogen-bond acceptors (Lipinski definition) is 4. The Labute approximate surface area is 102 Å². The van der Waals surface area contributed by atoms with Crippen LogP contribution in [0.4, 0.5) is 0 Å². The van der Waals surface area contributed by atoms with Crippen molar-refractivity contribution in [2.45, 2.75) is 32.2 Å². The number of hydrogen-bond donors (Lipinski definition) is 1. The van der Waals surface area contributed by atoms with E-state index in [1.807, 2.05) is 6.92 Å². The minimum Gasteiger partial charge on any atom is -0.323 e. The van der Waals surface area contributed by atoms with Crippen LogP contribution >= 0.6 is 11.3 Å². The van der Waals surface area contributed by atoms with Gasteiger partial charge in [-0.15, -0.1) is 11.3 Å². The molecule has 4 heteroatoms. The Morgan fingerprint density at radius 2 is 2.25 bits per heavy atom. The van der Waals surface area contributed by atoms with Crippen molar-refractivity contribution in [3.8, 4) is 0 Å². The Hall–Kier alpha value is -0.450. The molecule has 0 saturated carbocycles. The Kier molecular flexibility index (Phi) is 3.95. The highest BCUT2D eigenvalue weighted by atomic mass is 32.1. The largest absolute Gasteiger partial charge is 0.323 e. The second-order valence-electron chi connectivity index (χ2n) is 4.91. The molecule has 0 bridgehead atoms. The van der Waals surface area contributed by atoms with Crippen LogP contribution in [-0.4, -0.2) is 30.0 Å². The van der Waals surface area contributed by atoms with E-state index in [0.29, 0.717) is 0 Å². The summed E-state index contributed by atoms with van der Waals surface area (Å²) < 4.78 is 0. The number of thiazole rings is 1. The fourth-order valence-corrected chi connectivity index (χ4v) is 3.16. The van der Waals surface area contributed by atoms with Crippen molar-refractivity contribution in [2.75, 3.05) is 20.1 Å². The molecule has 0 spiro atoms. The number of nitrogens with two attached hydrogens (primary N) is 1. The summed E-state index contributed by atoms with van der Waals surface area (Å²) in [5.41, 5.74) is 6.86. The van der Waals surface area contributed by atoms with E-state index in [9.17, 15) is 0 Å². The molecule has 1 aliphatic heterocycles. The number of rotatable bonds is 3. The first-order valence-electron chi connectivity index (χ1n) is 6.03. The third-order valence-corrected chi connectivity index (χ3v) is 4.23. The Bertz CT molecular complexity index is 327. The normalized spacial score (nSPS) is 21.2. The molecule has 1 aromatic heterocycles. The summed E-state index contributed by atoms with van der Waals surface area (Å²) in [6, 6.07) is 0.0717. The lowest BCUT2D eigenvalue weighted by Gasteiger charge is -2.28. The van der Waals surface area contributed by atoms with Gasteiger partial charge in [0.2, 0.25) is 0 Å². The maximum absolute atomic E-state index is 5.82. The number of aromatic nitrogens is 1. The van der Waals surface area contributed by atoms with Crippen LogP contribution in [0.5, 0.6) is 0 Å². The van der Waals surface area contributed by atoms with Crippen LogP contribution in [0, 0.1) is 5.92 Å². The van der Waals surface area contributed by atoms with Gasteiger partial charge < -0.3 is 10.6 Å². The number of likely N-dealkylation sites (tertiary alicyclic amines) is 1. The molecule has 2 heterocycles. The topological polar surface area (TPSA) is 42.1 Å². The predicted octanol–water partition coefficient (Wildman–Crippen LogP) is 2.05. The van der Waals surface area contributed by atoms with E-state index in [2.05, 4.69) is 22.3 Å². The molecule has 3 nitrogen and oxygen atoms in total. The van der Waals surface area contributed by atoms with Gasteiger partial charge >= 0.3 is 0 Å². The molecule has 1 fully saturated rings. The van der Waals surface area contributed by atoms with Gasteiger partial charge in [0.25, 0.3) is 0 Å². The van der Waals surface area contributed by atoms with E-state index in [1.54, 1.807) is 11.3 Å². The van der Waals surface area contributed by atoms with Gasteiger partial charge in [0.1, 0.15) is 0 Å². The van der Waals surface area contributed by atoms with Crippen molar-refractivity contribution in [1.29, 1.82) is 0 Å². The lowest BCUT2D eigenvalue weighted by Crippen LogP contribution is -2.30. The first-order chi connectivity index (χ1) is 7.65. The lowest BCUT2D eigenvalue weighted by molar-refractivity contribution is 0.219. The zero-order chi connectivity index (χ0) is 11.5. The molecule has 1 aromatic rings. The molecule has 1 unspecified atom stereocenters. The van der Waals surface area contributed by atoms with Crippen LogP contribution in [-0.2, 0) is 6.42 Å². The van der Waals surface area contributed by atoms with Crippen molar-refractivity contribution in [3.05, 3.63) is 16.1 Å². The van der Waals surface area contributed by atoms with E-state index < -0.39 is 0 Å². The first kappa shape index (κ1) is 12.0. The third kappa shape index (κ3) is 3.03. The van der Waals surface area contributed by atoms with Gasteiger partial charge in [-0.25, -0.2) is 4.98 Å². The first-order valence-corrected chi connectivity index (χ1v) is 6.91. The third-order valence-electron chi connectivity index (χ3n) is 3.34. The number of nitrogens with zero attached hydrogens (tertiary/aromatic N) is 2. The van der Waals surface area contributed by atoms with E-state index in [0.717, 1.165) is 18.0 Å². The lowest BCUT2D eigenvalue weighted by atomic mass is 9.94. The van der Waals surface area contributed by atoms with Gasteiger partial charge in [-0.2, -0.15) is 0 Å². The molecule has 1 aliphatic rings. The monoisotopic (exact) mass is 239 g/mol. The summed E-state index contributed by atoms with van der Waals surface area (Å²) in [6.07, 6.45) is 3.76. The number of piperidine rings is 1. The fraction of sp³-hybridized carbons (Fsp3) is 0.750. The van der Waals surface area contributed by atoms with Crippen LogP contribution < -0.4 is 5.73 Å². The summed E-state index contributed by atoms with van der Waals surface area (Å²) in [5, 5.41) is 3.37. The molecule has 0 radical (unpaired) electrons. The molecular weight excluding hydrogens is 218 g/mol. The highest BCUT2D eigenvalue weighted by molar-refractivity contribution is 7.09. The quantitative estimate of drug-likeness (QED) is 0.878. The van der Waals surface area contributed by atoms with Crippen LogP contribution in [0.3, 0.4) is 0 Å². The van der Waals surface area contributed by atoms with Crippen molar-refractivity contribution in [3.63, 3.8) is 0 Å². The zero-order valence-corrected chi connectivity index (χ0v) is 11.0. The molecule has 0 aromatic carbocycles. The molecule has 2 N–H and O–H groups in total. The molecule has 2 rings (SSSR count). The Morgan fingerprint density at radius 3 is 2.81 bits per heavy atom. The molecule has 0 aliphatic carbocycles. The van der Waals surface area contributed by atoms with Crippen molar-refractivity contribution >= 4 is 11.3 Å². The van der Waals surface area contributed by atoms with E-state index in [4.69, 9.17) is 5.73 Å². The van der Waals surface area contributed by atoms with Gasteiger partial charge in [0.15, 0.2) is 0 Å². The summed E-state index contributed by atoms with van der Waals surface area (Å²) in [5.74, 6) is 0.822. The highest BCUT2D eigenvalue weighted by Gasteiger charge is 2.18. The Morgan fingerprint density at radius 1 is 1.56 bits per heavy atom. The molecule has 16 heavy (non-hydrogen) atoms. The van der Waals surface area contributed by atoms with Gasteiger partial charge in [0, 0.05) is 17.8 Å². The van der Waals surface area contributed by atoms with Crippen molar-refractivity contribution in [2.24, 2.45) is 11.7 Å². The van der Waals surface area contributed by atoms with Crippen LogP contribution in [0.2, 0.25) is 0 Å². The average Bonchev–Trinajstić information content (AvgIpc) is 2.70. The summed E-state index contributed by atoms with van der Waals surface area (Å²) in [4.78, 5) is 7.01. The standard InChI is InChI=1S/C12H21N3S/c1-9(13)11-8-16-12(14-11)7-10-3-5-15(2)6-4-10/h8-10H,3-7,13H2,1-2H3. The van der Waals surface area contributed by atoms with Gasteiger partial charge in [-0.05, 0) is 45.8 Å². The van der Waals surface area contributed by atoms with Crippen LogP contribution in [0.25, 0.3) is 0 Å². The van der Waals surface area contributed by atoms with E-state index in [1.165, 1.54) is 30.9 Å². The summed E-state index contributed by atoms with van der Waals surface area (Å²) >= 11 is 1.77. The van der Waals surface area contributed by atoms with E-state index >= 15 is 0 Å². The SMILES string of the molecule is CC(N)c1csc(CC2CCN(C)CC2)n1. The van der Waals surface area contributed by atoms with Gasteiger partial charge in [-0.3, -0.25) is 0 Å². The molecule has 1 saturated heterocycles. The van der Waals surface area contributed by atoms with Gasteiger partial charge in [-0.1, -0.05) is 0 Å². The fourth-order valence-electron chi connectivity index (χ4n) is 2.14. The minimum atomic E-state index is 0.0717. The van der Waals surface area contributed by atoms with Crippen LogP contribution in [0.1, 0.15) is 36.5 Å². The van der Waals surface area contributed by atoms with Gasteiger partial charge in [0.05, 0.1) is 10.7 Å². The molecule has 90 valence electrons. The van der Waals surface area contributed by atoms with Crippen molar-refractivity contribution < 1.29 is 0 Å². The molecule has 0 amide bonds. The minimum absolute atomic E-state index is 0.0717. The Balaban J connectivity index is 1.88. The molecular formula is C12H21N3S.